The molecular formula is C27H34N6O4S. The summed E-state index contributed by atoms with van der Waals surface area (Å²) in [5.74, 6) is 0.138. The first-order chi connectivity index (χ1) is 18.1. The van der Waals surface area contributed by atoms with Gasteiger partial charge in [-0.05, 0) is 57.1 Å². The summed E-state index contributed by atoms with van der Waals surface area (Å²) in [5.41, 5.74) is 9.57. The van der Waals surface area contributed by atoms with Crippen molar-refractivity contribution in [1.82, 2.24) is 14.9 Å². The number of nitrogens with zero attached hydrogens (tertiary/aromatic N) is 4. The number of ether oxygens (including phenoxy) is 1. The quantitative estimate of drug-likeness (QED) is 0.377. The van der Waals surface area contributed by atoms with Crippen molar-refractivity contribution in [2.75, 3.05) is 56.2 Å². The highest BCUT2D eigenvalue weighted by atomic mass is 32.2. The number of carbonyl (C=O) groups is 1. The standard InChI is InChI=1S/C27H34N6O4S/c1-32(2)11-5-12-37-25-22(31-38(35,36)13-10-28)15-19(16-30-25)18-6-7-21-20(14-18)24-23(17-29-21)33(3)26(34)27(24)8-4-9-27/h6-7,14-17,31H,4-5,8-13,28H2,1-3H3. The van der Waals surface area contributed by atoms with Gasteiger partial charge in [-0.1, -0.05) is 12.5 Å². The number of carbonyl (C=O) groups excluding carboxylic acids is 1. The van der Waals surface area contributed by atoms with Gasteiger partial charge >= 0.3 is 0 Å². The van der Waals surface area contributed by atoms with E-state index in [0.717, 1.165) is 65.5 Å². The Morgan fingerprint density at radius 3 is 2.63 bits per heavy atom. The minimum atomic E-state index is -3.67. The number of fused-ring (bicyclic) bond motifs is 4. The molecule has 2 aliphatic rings. The Hall–Kier alpha value is -3.28. The van der Waals surface area contributed by atoms with Crippen molar-refractivity contribution in [1.29, 1.82) is 0 Å². The van der Waals surface area contributed by atoms with Crippen molar-refractivity contribution < 1.29 is 17.9 Å². The third kappa shape index (κ3) is 4.70. The number of pyridine rings is 2. The fraction of sp³-hybridized carbons (Fsp3) is 0.444. The molecule has 1 aromatic carbocycles. The second-order valence-corrected chi connectivity index (χ2v) is 12.2. The molecule has 1 fully saturated rings. The second-order valence-electron chi connectivity index (χ2n) is 10.3. The Morgan fingerprint density at radius 2 is 1.95 bits per heavy atom. The van der Waals surface area contributed by atoms with E-state index in [2.05, 4.69) is 19.6 Å². The number of anilines is 2. The Bertz CT molecular complexity index is 1490. The molecule has 3 N–H and O–H groups in total. The van der Waals surface area contributed by atoms with Gasteiger partial charge in [0, 0.05) is 42.8 Å². The highest BCUT2D eigenvalue weighted by Crippen LogP contribution is 2.55. The highest BCUT2D eigenvalue weighted by molar-refractivity contribution is 7.92. The van der Waals surface area contributed by atoms with Crippen LogP contribution in [0.5, 0.6) is 5.88 Å². The monoisotopic (exact) mass is 538 g/mol. The van der Waals surface area contributed by atoms with E-state index in [1.807, 2.05) is 39.3 Å². The third-order valence-electron chi connectivity index (χ3n) is 7.43. The first-order valence-electron chi connectivity index (χ1n) is 12.8. The van der Waals surface area contributed by atoms with E-state index >= 15 is 0 Å². The molecule has 0 bridgehead atoms. The predicted octanol–water partition coefficient (Wildman–Crippen LogP) is 2.73. The lowest BCUT2D eigenvalue weighted by Gasteiger charge is -2.37. The number of rotatable bonds is 10. The summed E-state index contributed by atoms with van der Waals surface area (Å²) < 4.78 is 33.6. The molecule has 0 atom stereocenters. The molecule has 10 nitrogen and oxygen atoms in total. The van der Waals surface area contributed by atoms with Crippen LogP contribution in [0, 0.1) is 0 Å². The molecular weight excluding hydrogens is 504 g/mol. The number of nitrogens with two attached hydrogens (primary N) is 1. The van der Waals surface area contributed by atoms with Crippen LogP contribution in [0.4, 0.5) is 11.4 Å². The average Bonchev–Trinajstić information content (AvgIpc) is 3.09. The molecule has 0 radical (unpaired) electrons. The Labute approximate surface area is 223 Å². The smallest absolute Gasteiger partial charge is 0.238 e. The number of aromatic nitrogens is 2. The van der Waals surface area contributed by atoms with Gasteiger partial charge in [0.1, 0.15) is 5.69 Å². The van der Waals surface area contributed by atoms with Crippen molar-refractivity contribution in [3.05, 3.63) is 42.2 Å². The van der Waals surface area contributed by atoms with E-state index in [9.17, 15) is 13.2 Å². The van der Waals surface area contributed by atoms with Crippen LogP contribution in [0.3, 0.4) is 0 Å². The van der Waals surface area contributed by atoms with E-state index in [-0.39, 0.29) is 29.8 Å². The van der Waals surface area contributed by atoms with Crippen LogP contribution in [-0.2, 0) is 20.2 Å². The molecule has 1 aliphatic heterocycles. The number of hydrogen-bond donors (Lipinski definition) is 2. The third-order valence-corrected chi connectivity index (χ3v) is 8.74. The lowest BCUT2D eigenvalue weighted by Crippen LogP contribution is -2.43. The van der Waals surface area contributed by atoms with Crippen LogP contribution in [-0.4, -0.2) is 75.8 Å². The average molecular weight is 539 g/mol. The van der Waals surface area contributed by atoms with E-state index < -0.39 is 15.4 Å². The number of likely N-dealkylation sites (N-methyl/N-ethyl adjacent to an activating group) is 1. The summed E-state index contributed by atoms with van der Waals surface area (Å²) >= 11 is 0. The zero-order chi connectivity index (χ0) is 27.1. The molecule has 1 saturated carbocycles. The van der Waals surface area contributed by atoms with Gasteiger partial charge in [0.25, 0.3) is 0 Å². The van der Waals surface area contributed by atoms with Crippen LogP contribution >= 0.6 is 0 Å². The van der Waals surface area contributed by atoms with Gasteiger partial charge in [0.05, 0.1) is 35.2 Å². The van der Waals surface area contributed by atoms with Crippen molar-refractivity contribution in [2.45, 2.75) is 31.1 Å². The lowest BCUT2D eigenvalue weighted by molar-refractivity contribution is -0.125. The van der Waals surface area contributed by atoms with E-state index in [1.165, 1.54) is 0 Å². The summed E-state index contributed by atoms with van der Waals surface area (Å²) in [6, 6.07) is 7.63. The Morgan fingerprint density at radius 1 is 1.16 bits per heavy atom. The number of hydrogen-bond acceptors (Lipinski definition) is 8. The molecule has 3 aromatic rings. The molecule has 3 heterocycles. The number of benzene rings is 1. The van der Waals surface area contributed by atoms with E-state index in [4.69, 9.17) is 10.5 Å². The topological polar surface area (TPSA) is 131 Å². The van der Waals surface area contributed by atoms with Crippen molar-refractivity contribution >= 4 is 38.2 Å². The van der Waals surface area contributed by atoms with Gasteiger partial charge in [0.2, 0.25) is 21.8 Å². The number of nitrogens with one attached hydrogen (secondary N) is 1. The zero-order valence-electron chi connectivity index (χ0n) is 22.0. The minimum absolute atomic E-state index is 0.000814. The van der Waals surface area contributed by atoms with E-state index in [1.54, 1.807) is 23.4 Å². The van der Waals surface area contributed by atoms with Gasteiger partial charge in [0.15, 0.2) is 0 Å². The molecule has 5 rings (SSSR count). The van der Waals surface area contributed by atoms with Gasteiger partial charge in [-0.25, -0.2) is 13.4 Å². The number of sulfonamides is 1. The normalized spacial score (nSPS) is 16.2. The molecule has 0 unspecified atom stereocenters. The van der Waals surface area contributed by atoms with Gasteiger partial charge in [-0.15, -0.1) is 0 Å². The van der Waals surface area contributed by atoms with Gasteiger partial charge in [-0.3, -0.25) is 14.5 Å². The zero-order valence-corrected chi connectivity index (χ0v) is 22.8. The largest absolute Gasteiger partial charge is 0.476 e. The SMILES string of the molecule is CN(C)CCCOc1ncc(-c2ccc3ncc4c(c3c2)C2(CCC2)C(=O)N4C)cc1NS(=O)(=O)CCN. The highest BCUT2D eigenvalue weighted by Gasteiger charge is 2.54. The Balaban J connectivity index is 1.54. The Kier molecular flexibility index (Phi) is 7.01. The molecule has 202 valence electrons. The van der Waals surface area contributed by atoms with Crippen LogP contribution < -0.4 is 20.1 Å². The van der Waals surface area contributed by atoms with Gasteiger partial charge < -0.3 is 20.3 Å². The summed E-state index contributed by atoms with van der Waals surface area (Å²) in [6.45, 7) is 1.23. The molecule has 1 amide bonds. The van der Waals surface area contributed by atoms with Crippen molar-refractivity contribution in [3.8, 4) is 17.0 Å². The first-order valence-corrected chi connectivity index (χ1v) is 14.5. The fourth-order valence-corrected chi connectivity index (χ4v) is 6.27. The molecule has 0 saturated heterocycles. The molecule has 11 heteroatoms. The summed E-state index contributed by atoms with van der Waals surface area (Å²) in [4.78, 5) is 26.0. The lowest BCUT2D eigenvalue weighted by atomic mass is 9.64. The summed E-state index contributed by atoms with van der Waals surface area (Å²) in [6.07, 6.45) is 6.92. The van der Waals surface area contributed by atoms with Crippen molar-refractivity contribution in [2.24, 2.45) is 5.73 Å². The van der Waals surface area contributed by atoms with Crippen molar-refractivity contribution in [3.63, 3.8) is 0 Å². The maximum absolute atomic E-state index is 13.2. The van der Waals surface area contributed by atoms with Crippen LogP contribution in [0.1, 0.15) is 31.2 Å². The maximum Gasteiger partial charge on any atom is 0.238 e. The first kappa shape index (κ1) is 26.3. The van der Waals surface area contributed by atoms with Crippen LogP contribution in [0.25, 0.3) is 22.0 Å². The second kappa shape index (κ2) is 10.1. The molecule has 2 aromatic heterocycles. The minimum Gasteiger partial charge on any atom is -0.476 e. The van der Waals surface area contributed by atoms with Crippen LogP contribution in [0.15, 0.2) is 36.7 Å². The predicted molar refractivity (Wildman–Crippen MR) is 149 cm³/mol. The summed E-state index contributed by atoms with van der Waals surface area (Å²) in [5, 5.41) is 0.937. The summed E-state index contributed by atoms with van der Waals surface area (Å²) in [7, 11) is 2.10. The fourth-order valence-electron chi connectivity index (χ4n) is 5.37. The van der Waals surface area contributed by atoms with Crippen LogP contribution in [0.2, 0.25) is 0 Å². The molecule has 38 heavy (non-hydrogen) atoms. The maximum atomic E-state index is 13.2. The van der Waals surface area contributed by atoms with Gasteiger partial charge in [-0.2, -0.15) is 0 Å². The number of amides is 1. The molecule has 1 spiro atoms. The molecule has 1 aliphatic carbocycles. The van der Waals surface area contributed by atoms with E-state index in [0.29, 0.717) is 6.61 Å².